The zero-order valence-corrected chi connectivity index (χ0v) is 21.2. The van der Waals surface area contributed by atoms with E-state index in [0.29, 0.717) is 12.1 Å². The van der Waals surface area contributed by atoms with Crippen molar-refractivity contribution in [3.05, 3.63) is 58.7 Å². The van der Waals surface area contributed by atoms with Gasteiger partial charge in [0.25, 0.3) is 0 Å². The van der Waals surface area contributed by atoms with Gasteiger partial charge in [-0.1, -0.05) is 24.3 Å². The third-order valence-corrected chi connectivity index (χ3v) is 9.86. The smallest absolute Gasteiger partial charge is 0.156 e. The molecule has 7 rings (SSSR count). The van der Waals surface area contributed by atoms with Crippen LogP contribution < -0.4 is 0 Å². The van der Waals surface area contributed by atoms with E-state index in [4.69, 9.17) is 0 Å². The second kappa shape index (κ2) is 7.62. The van der Waals surface area contributed by atoms with E-state index in [1.54, 1.807) is 33.7 Å². The second-order valence-corrected chi connectivity index (χ2v) is 11.5. The first-order chi connectivity index (χ1) is 16.6. The van der Waals surface area contributed by atoms with Crippen LogP contribution in [0.1, 0.15) is 88.0 Å². The number of hydrogen-bond acceptors (Lipinski definition) is 1. The fourth-order valence-electron chi connectivity index (χ4n) is 8.49. The van der Waals surface area contributed by atoms with Gasteiger partial charge in [0.1, 0.15) is 12.1 Å². The van der Waals surface area contributed by atoms with Crippen LogP contribution in [0.2, 0.25) is 0 Å². The first-order valence-corrected chi connectivity index (χ1v) is 13.9. The van der Waals surface area contributed by atoms with Crippen LogP contribution in [0.4, 0.5) is 11.4 Å². The Morgan fingerprint density at radius 3 is 1.65 bits per heavy atom. The monoisotopic (exact) mass is 453 g/mol. The number of hydrogen-bond donors (Lipinski definition) is 0. The van der Waals surface area contributed by atoms with Crippen molar-refractivity contribution >= 4 is 22.8 Å². The molecule has 1 saturated heterocycles. The molecular weight excluding hydrogens is 414 g/mol. The van der Waals surface area contributed by atoms with Crippen molar-refractivity contribution in [2.24, 2.45) is 0 Å². The third-order valence-electron chi connectivity index (χ3n) is 9.86. The molecule has 3 nitrogen and oxygen atoms in total. The second-order valence-electron chi connectivity index (χ2n) is 11.5. The third kappa shape index (κ3) is 2.68. The first kappa shape index (κ1) is 21.1. The Balaban J connectivity index is 1.49. The summed E-state index contributed by atoms with van der Waals surface area (Å²) in [6.07, 6.45) is 14.2. The zero-order valence-electron chi connectivity index (χ0n) is 21.2. The zero-order chi connectivity index (χ0) is 23.0. The lowest BCUT2D eigenvalue weighted by molar-refractivity contribution is -0.772. The van der Waals surface area contributed by atoms with Gasteiger partial charge in [0, 0.05) is 37.1 Å². The molecule has 2 aromatic carbocycles. The highest BCUT2D eigenvalue weighted by molar-refractivity contribution is 5.91. The predicted octanol–water partition coefficient (Wildman–Crippen LogP) is 6.28. The van der Waals surface area contributed by atoms with Gasteiger partial charge in [-0.3, -0.25) is 0 Å². The molecule has 0 radical (unpaired) electrons. The predicted molar refractivity (Wildman–Crippen MR) is 139 cm³/mol. The minimum atomic E-state index is -0.178. The number of aryl methyl sites for hydroxylation is 2. The summed E-state index contributed by atoms with van der Waals surface area (Å²) in [5.41, 5.74) is 12.5. The summed E-state index contributed by atoms with van der Waals surface area (Å²) in [6, 6.07) is 15.4. The van der Waals surface area contributed by atoms with Crippen molar-refractivity contribution in [2.45, 2.75) is 109 Å². The average Bonchev–Trinajstić information content (AvgIpc) is 3.24. The number of piperidine rings is 1. The molecule has 34 heavy (non-hydrogen) atoms. The van der Waals surface area contributed by atoms with Gasteiger partial charge in [-0.05, 0) is 81.8 Å². The van der Waals surface area contributed by atoms with Crippen molar-refractivity contribution in [3.63, 3.8) is 0 Å². The van der Waals surface area contributed by atoms with Crippen LogP contribution in [0.15, 0.2) is 36.4 Å². The Morgan fingerprint density at radius 2 is 1.15 bits per heavy atom. The van der Waals surface area contributed by atoms with Gasteiger partial charge in [-0.15, -0.1) is 9.15 Å². The molecule has 0 aromatic heterocycles. The maximum atomic E-state index is 2.91. The maximum Gasteiger partial charge on any atom is 0.426 e. The molecule has 1 fully saturated rings. The fourth-order valence-corrected chi connectivity index (χ4v) is 8.49. The van der Waals surface area contributed by atoms with Crippen molar-refractivity contribution in [3.8, 4) is 0 Å². The standard InChI is InChI=1S/C31H39N3/c1-21-27-17-10-18-28-22(2)33(30-20-9-14-24-12-5-7-16-26(24)30)31(3,34(27)28)32(21)29-19-8-13-23-11-4-6-15-25(23)29/h8-9,13-14,19-20,27-28H,4-7,10-12,15-18H2,1-3H3/q+2. The summed E-state index contributed by atoms with van der Waals surface area (Å²) in [6.45, 7) is 7.41. The Hall–Kier alpha value is -2.26. The van der Waals surface area contributed by atoms with E-state index in [1.165, 1.54) is 82.0 Å². The molecular formula is C31H39N3+2. The Bertz CT molecular complexity index is 1160. The lowest BCUT2D eigenvalue weighted by Crippen LogP contribution is -2.56. The number of rotatable bonds is 2. The Kier molecular flexibility index (Phi) is 4.72. The summed E-state index contributed by atoms with van der Waals surface area (Å²) < 4.78 is 5.58. The largest absolute Gasteiger partial charge is 0.426 e. The summed E-state index contributed by atoms with van der Waals surface area (Å²) >= 11 is 0. The van der Waals surface area contributed by atoms with Crippen LogP contribution in [0.5, 0.6) is 0 Å². The van der Waals surface area contributed by atoms with Gasteiger partial charge in [-0.25, -0.2) is 0 Å². The molecule has 3 heteroatoms. The lowest BCUT2D eigenvalue weighted by Gasteiger charge is -2.32. The molecule has 3 aliphatic heterocycles. The summed E-state index contributed by atoms with van der Waals surface area (Å²) in [5, 5.41) is 0. The molecule has 0 N–H and O–H groups in total. The van der Waals surface area contributed by atoms with Crippen molar-refractivity contribution in [1.82, 2.24) is 4.90 Å². The number of benzene rings is 2. The van der Waals surface area contributed by atoms with E-state index in [9.17, 15) is 0 Å². The van der Waals surface area contributed by atoms with Crippen LogP contribution in [-0.4, -0.2) is 43.3 Å². The van der Waals surface area contributed by atoms with Gasteiger partial charge in [-0.2, -0.15) is 4.90 Å². The molecule has 176 valence electrons. The highest BCUT2D eigenvalue weighted by Crippen LogP contribution is 2.49. The summed E-state index contributed by atoms with van der Waals surface area (Å²) in [5.74, 6) is -0.178. The molecule has 0 saturated carbocycles. The Labute approximate surface area is 204 Å². The molecule has 2 aliphatic carbocycles. The van der Waals surface area contributed by atoms with Crippen molar-refractivity contribution in [1.29, 1.82) is 0 Å². The van der Waals surface area contributed by atoms with E-state index in [0.717, 1.165) is 0 Å². The van der Waals surface area contributed by atoms with E-state index < -0.39 is 0 Å². The van der Waals surface area contributed by atoms with E-state index in [2.05, 4.69) is 71.2 Å². The summed E-state index contributed by atoms with van der Waals surface area (Å²) in [7, 11) is 0. The SMILES string of the molecule is CC1=[N+](c2cccc3c2CCCC3)C2(C)N3C1CCCC3C(C)=[N+]2c1cccc2c1CCCC2. The minimum absolute atomic E-state index is 0.178. The molecule has 0 amide bonds. The van der Waals surface area contributed by atoms with Crippen LogP contribution in [-0.2, 0) is 25.7 Å². The van der Waals surface area contributed by atoms with E-state index >= 15 is 0 Å². The molecule has 5 aliphatic rings. The van der Waals surface area contributed by atoms with Gasteiger partial charge >= 0.3 is 5.79 Å². The van der Waals surface area contributed by atoms with Gasteiger partial charge in [0.05, 0.1) is 6.92 Å². The molecule has 2 aromatic rings. The maximum absolute atomic E-state index is 2.91. The van der Waals surface area contributed by atoms with Crippen LogP contribution in [0.3, 0.4) is 0 Å². The van der Waals surface area contributed by atoms with Crippen LogP contribution in [0.25, 0.3) is 0 Å². The fraction of sp³-hybridized carbons (Fsp3) is 0.548. The number of nitrogens with zero attached hydrogens (tertiary/aromatic N) is 3. The number of fused-ring (bicyclic) bond motifs is 2. The highest BCUT2D eigenvalue weighted by Gasteiger charge is 2.72. The lowest BCUT2D eigenvalue weighted by atomic mass is 9.89. The normalized spacial score (nSPS) is 30.4. The molecule has 0 bridgehead atoms. The topological polar surface area (TPSA) is 9.26 Å². The van der Waals surface area contributed by atoms with Gasteiger partial charge in [0.15, 0.2) is 11.4 Å². The van der Waals surface area contributed by atoms with Crippen molar-refractivity contribution in [2.75, 3.05) is 0 Å². The minimum Gasteiger partial charge on any atom is -0.156 e. The van der Waals surface area contributed by atoms with Gasteiger partial charge in [0.2, 0.25) is 11.4 Å². The first-order valence-electron chi connectivity index (χ1n) is 13.9. The highest BCUT2D eigenvalue weighted by atomic mass is 15.6. The molecule has 2 atom stereocenters. The molecule has 2 unspecified atom stereocenters. The van der Waals surface area contributed by atoms with E-state index in [-0.39, 0.29) is 5.79 Å². The molecule has 3 heterocycles. The Morgan fingerprint density at radius 1 is 0.676 bits per heavy atom. The van der Waals surface area contributed by atoms with Crippen LogP contribution in [0, 0.1) is 0 Å². The summed E-state index contributed by atoms with van der Waals surface area (Å²) in [4.78, 5) is 2.91. The van der Waals surface area contributed by atoms with E-state index in [1.807, 2.05) is 0 Å². The average molecular weight is 454 g/mol. The van der Waals surface area contributed by atoms with Crippen LogP contribution >= 0.6 is 0 Å². The van der Waals surface area contributed by atoms with Gasteiger partial charge < -0.3 is 0 Å². The molecule has 0 spiro atoms. The quantitative estimate of drug-likeness (QED) is 0.486. The van der Waals surface area contributed by atoms with Crippen molar-refractivity contribution < 1.29 is 9.15 Å².